The molecular formula is C18H23N3O4. The van der Waals surface area contributed by atoms with Gasteiger partial charge in [-0.25, -0.2) is 4.79 Å². The number of carbonyl (C=O) groups is 2. The van der Waals surface area contributed by atoms with E-state index in [9.17, 15) is 9.59 Å². The van der Waals surface area contributed by atoms with Gasteiger partial charge >= 0.3 is 5.97 Å². The second-order valence-corrected chi connectivity index (χ2v) is 7.20. The number of nitrogens with one attached hydrogen (secondary N) is 1. The number of fused-ring (bicyclic) bond motifs is 1. The molecular weight excluding hydrogens is 322 g/mol. The summed E-state index contributed by atoms with van der Waals surface area (Å²) in [6.45, 7) is 5.54. The molecule has 0 radical (unpaired) electrons. The second kappa shape index (κ2) is 6.15. The largest absolute Gasteiger partial charge is 0.479 e. The molecule has 3 rings (SSSR count). The molecule has 2 aromatic rings. The third kappa shape index (κ3) is 3.11. The third-order valence-electron chi connectivity index (χ3n) is 4.73. The summed E-state index contributed by atoms with van der Waals surface area (Å²) in [4.78, 5) is 23.8. The summed E-state index contributed by atoms with van der Waals surface area (Å²) in [5, 5.41) is 17.7. The van der Waals surface area contributed by atoms with Crippen molar-refractivity contribution in [3.63, 3.8) is 0 Å². The number of benzene rings is 1. The molecule has 1 fully saturated rings. The van der Waals surface area contributed by atoms with Crippen LogP contribution in [0.5, 0.6) is 0 Å². The molecule has 1 aliphatic heterocycles. The zero-order chi connectivity index (χ0) is 18.4. The number of nitrogens with zero attached hydrogens (tertiary/aromatic N) is 2. The molecule has 0 spiro atoms. The van der Waals surface area contributed by atoms with Crippen LogP contribution in [0.3, 0.4) is 0 Å². The SMILES string of the molecule is C[C@@H]1C[C@H](C(=O)NC(C)(C)c2nn(C)c3ccccc23)O[C@H]1C(=O)O. The van der Waals surface area contributed by atoms with E-state index in [1.165, 1.54) is 0 Å². The van der Waals surface area contributed by atoms with Crippen molar-refractivity contribution in [2.45, 2.75) is 44.9 Å². The van der Waals surface area contributed by atoms with E-state index in [1.54, 1.807) is 11.6 Å². The molecule has 0 unspecified atom stereocenters. The van der Waals surface area contributed by atoms with Crippen molar-refractivity contribution in [3.05, 3.63) is 30.0 Å². The van der Waals surface area contributed by atoms with Crippen LogP contribution in [0.15, 0.2) is 24.3 Å². The summed E-state index contributed by atoms with van der Waals surface area (Å²) in [6.07, 6.45) is -1.30. The number of carbonyl (C=O) groups excluding carboxylic acids is 1. The first kappa shape index (κ1) is 17.4. The summed E-state index contributed by atoms with van der Waals surface area (Å²) in [5.74, 6) is -1.54. The number of aromatic nitrogens is 2. The van der Waals surface area contributed by atoms with Crippen molar-refractivity contribution >= 4 is 22.8 Å². The van der Waals surface area contributed by atoms with Gasteiger partial charge in [-0.05, 0) is 32.3 Å². The number of para-hydroxylation sites is 1. The standard InChI is InChI=1S/C18H23N3O4/c1-10-9-13(25-14(10)17(23)24)16(22)19-18(2,3)15-11-7-5-6-8-12(11)21(4)20-15/h5-8,10,13-14H,9H2,1-4H3,(H,19,22)(H,23,24)/t10-,13-,14-/m1/s1. The Kier molecular flexibility index (Phi) is 4.28. The van der Waals surface area contributed by atoms with Crippen molar-refractivity contribution in [2.75, 3.05) is 0 Å². The molecule has 1 saturated heterocycles. The number of amides is 1. The van der Waals surface area contributed by atoms with E-state index in [0.29, 0.717) is 6.42 Å². The molecule has 3 atom stereocenters. The Morgan fingerprint density at radius 1 is 1.36 bits per heavy atom. The van der Waals surface area contributed by atoms with E-state index in [0.717, 1.165) is 16.6 Å². The molecule has 7 heteroatoms. The molecule has 2 N–H and O–H groups in total. The Labute approximate surface area is 146 Å². The predicted octanol–water partition coefficient (Wildman–Crippen LogP) is 1.80. The van der Waals surface area contributed by atoms with Gasteiger partial charge in [0, 0.05) is 12.4 Å². The normalized spacial score (nSPS) is 23.8. The second-order valence-electron chi connectivity index (χ2n) is 7.20. The number of aryl methyl sites for hydroxylation is 1. The lowest BCUT2D eigenvalue weighted by atomic mass is 9.96. The maximum atomic E-state index is 12.6. The smallest absolute Gasteiger partial charge is 0.333 e. The zero-order valence-corrected chi connectivity index (χ0v) is 14.8. The van der Waals surface area contributed by atoms with Crippen molar-refractivity contribution in [1.29, 1.82) is 0 Å². The molecule has 134 valence electrons. The van der Waals surface area contributed by atoms with Gasteiger partial charge < -0.3 is 15.2 Å². The minimum absolute atomic E-state index is 0.202. The summed E-state index contributed by atoms with van der Waals surface area (Å²) in [7, 11) is 1.86. The molecule has 0 saturated carbocycles. The van der Waals surface area contributed by atoms with Gasteiger partial charge in [-0.15, -0.1) is 0 Å². The number of aliphatic carboxylic acids is 1. The fraction of sp³-hybridized carbons (Fsp3) is 0.500. The Morgan fingerprint density at radius 2 is 2.04 bits per heavy atom. The monoisotopic (exact) mass is 345 g/mol. The van der Waals surface area contributed by atoms with Gasteiger partial charge in [-0.3, -0.25) is 9.48 Å². The van der Waals surface area contributed by atoms with E-state index < -0.39 is 23.7 Å². The minimum Gasteiger partial charge on any atom is -0.479 e. The summed E-state index contributed by atoms with van der Waals surface area (Å²) in [5.41, 5.74) is 1.03. The first-order valence-corrected chi connectivity index (χ1v) is 8.33. The van der Waals surface area contributed by atoms with Crippen LogP contribution in [0.2, 0.25) is 0 Å². The number of rotatable bonds is 4. The van der Waals surface area contributed by atoms with Gasteiger partial charge in [0.15, 0.2) is 6.10 Å². The molecule has 1 aromatic heterocycles. The van der Waals surface area contributed by atoms with Crippen LogP contribution < -0.4 is 5.32 Å². The number of carboxylic acid groups (broad SMARTS) is 1. The van der Waals surface area contributed by atoms with Crippen LogP contribution in [0.25, 0.3) is 10.9 Å². The van der Waals surface area contributed by atoms with Gasteiger partial charge in [-0.2, -0.15) is 5.10 Å². The molecule has 0 aliphatic carbocycles. The average molecular weight is 345 g/mol. The van der Waals surface area contributed by atoms with Crippen LogP contribution in [-0.4, -0.2) is 39.0 Å². The van der Waals surface area contributed by atoms with Crippen molar-refractivity contribution < 1.29 is 19.4 Å². The third-order valence-corrected chi connectivity index (χ3v) is 4.73. The van der Waals surface area contributed by atoms with E-state index in [1.807, 2.05) is 45.2 Å². The number of hydrogen-bond donors (Lipinski definition) is 2. The van der Waals surface area contributed by atoms with Crippen molar-refractivity contribution in [2.24, 2.45) is 13.0 Å². The van der Waals surface area contributed by atoms with Gasteiger partial charge in [0.05, 0.1) is 16.7 Å². The summed E-state index contributed by atoms with van der Waals surface area (Å²) in [6, 6.07) is 7.83. The Morgan fingerprint density at radius 3 is 2.68 bits per heavy atom. The Hall–Kier alpha value is -2.41. The van der Waals surface area contributed by atoms with Gasteiger partial charge in [0.2, 0.25) is 5.91 Å². The van der Waals surface area contributed by atoms with E-state index >= 15 is 0 Å². The lowest BCUT2D eigenvalue weighted by Crippen LogP contribution is -2.46. The fourth-order valence-corrected chi connectivity index (χ4v) is 3.42. The topological polar surface area (TPSA) is 93.5 Å². The summed E-state index contributed by atoms with van der Waals surface area (Å²) >= 11 is 0. The van der Waals surface area contributed by atoms with Crippen molar-refractivity contribution in [3.8, 4) is 0 Å². The molecule has 1 aromatic carbocycles. The molecule has 0 bridgehead atoms. The first-order valence-electron chi connectivity index (χ1n) is 8.33. The van der Waals surface area contributed by atoms with Gasteiger partial charge in [-0.1, -0.05) is 25.1 Å². The Balaban J connectivity index is 1.81. The highest BCUT2D eigenvalue weighted by atomic mass is 16.5. The first-order chi connectivity index (χ1) is 11.7. The van der Waals surface area contributed by atoms with Gasteiger partial charge in [0.25, 0.3) is 0 Å². The maximum absolute atomic E-state index is 12.6. The molecule has 1 amide bonds. The minimum atomic E-state index is -1.03. The van der Waals surface area contributed by atoms with Crippen LogP contribution >= 0.6 is 0 Å². The zero-order valence-electron chi connectivity index (χ0n) is 14.8. The number of ether oxygens (including phenoxy) is 1. The fourth-order valence-electron chi connectivity index (χ4n) is 3.42. The molecule has 25 heavy (non-hydrogen) atoms. The maximum Gasteiger partial charge on any atom is 0.333 e. The van der Waals surface area contributed by atoms with Gasteiger partial charge in [0.1, 0.15) is 6.10 Å². The van der Waals surface area contributed by atoms with Crippen LogP contribution in [0.4, 0.5) is 0 Å². The van der Waals surface area contributed by atoms with E-state index in [4.69, 9.17) is 9.84 Å². The highest BCUT2D eigenvalue weighted by Gasteiger charge is 2.42. The Bertz CT molecular complexity index is 827. The highest BCUT2D eigenvalue weighted by Crippen LogP contribution is 2.30. The molecule has 7 nitrogen and oxygen atoms in total. The van der Waals surface area contributed by atoms with Crippen LogP contribution in [-0.2, 0) is 26.9 Å². The van der Waals surface area contributed by atoms with Crippen LogP contribution in [0, 0.1) is 5.92 Å². The quantitative estimate of drug-likeness (QED) is 0.881. The lowest BCUT2D eigenvalue weighted by Gasteiger charge is -2.26. The highest BCUT2D eigenvalue weighted by molar-refractivity contribution is 5.86. The lowest BCUT2D eigenvalue weighted by molar-refractivity contribution is -0.153. The summed E-state index contributed by atoms with van der Waals surface area (Å²) < 4.78 is 7.22. The number of hydrogen-bond acceptors (Lipinski definition) is 4. The average Bonchev–Trinajstić information content (AvgIpc) is 3.09. The van der Waals surface area contributed by atoms with E-state index in [2.05, 4.69) is 10.4 Å². The van der Waals surface area contributed by atoms with Crippen molar-refractivity contribution in [1.82, 2.24) is 15.1 Å². The molecule has 1 aliphatic rings. The number of carboxylic acids is 1. The predicted molar refractivity (Wildman–Crippen MR) is 92.0 cm³/mol. The molecule has 2 heterocycles. The van der Waals surface area contributed by atoms with E-state index in [-0.39, 0.29) is 11.8 Å². The van der Waals surface area contributed by atoms with Crippen LogP contribution in [0.1, 0.15) is 32.9 Å².